The number of carbonyl (C=O) groups is 2. The van der Waals surface area contributed by atoms with Crippen molar-refractivity contribution in [2.45, 2.75) is 133 Å². The van der Waals surface area contributed by atoms with E-state index in [1.807, 2.05) is 13.8 Å². The van der Waals surface area contributed by atoms with Gasteiger partial charge >= 0.3 is 11.9 Å². The number of carboxylic acids is 1. The van der Waals surface area contributed by atoms with Gasteiger partial charge in [0.2, 0.25) is 0 Å². The Kier molecular flexibility index (Phi) is 15.6. The number of unbranched alkanes of at least 4 members (excludes halogenated alkanes) is 2. The molecule has 1 rings (SSSR count). The van der Waals surface area contributed by atoms with Crippen LogP contribution in [0, 0.1) is 0 Å². The van der Waals surface area contributed by atoms with Gasteiger partial charge < -0.3 is 50.0 Å². The van der Waals surface area contributed by atoms with E-state index in [4.69, 9.17) is 14.2 Å². The summed E-state index contributed by atoms with van der Waals surface area (Å²) in [6.07, 6.45) is -8.23. The Labute approximate surface area is 211 Å². The largest absolute Gasteiger partial charge is 0.481 e. The van der Waals surface area contributed by atoms with E-state index in [1.54, 1.807) is 0 Å². The van der Waals surface area contributed by atoms with Crippen molar-refractivity contribution in [1.82, 2.24) is 0 Å². The number of aliphatic hydroxyl groups is 6. The normalized spacial score (nSPS) is 27.7. The summed E-state index contributed by atoms with van der Waals surface area (Å²) >= 11 is 0. The Hall–Kier alpha value is -1.38. The SMILES string of the molecule is CCCCCC(CC(CC(=O)O)O[C@@H]1O[C@H](CO)[C@@H](O)[C@H](O)[C@@H]1O)OC(=O)CC(O)CC(O)CCC. The second-order valence-corrected chi connectivity index (χ2v) is 9.43. The highest BCUT2D eigenvalue weighted by Gasteiger charge is 2.45. The Morgan fingerprint density at radius 2 is 1.56 bits per heavy atom. The molecule has 0 aromatic rings. The lowest BCUT2D eigenvalue weighted by Crippen LogP contribution is -2.59. The molecule has 0 aromatic heterocycles. The molecule has 12 heteroatoms. The van der Waals surface area contributed by atoms with E-state index in [9.17, 15) is 45.3 Å². The zero-order chi connectivity index (χ0) is 27.3. The van der Waals surface area contributed by atoms with E-state index >= 15 is 0 Å². The summed E-state index contributed by atoms with van der Waals surface area (Å²) in [4.78, 5) is 23.9. The van der Waals surface area contributed by atoms with E-state index in [-0.39, 0.29) is 19.3 Å². The number of carbonyl (C=O) groups excluding carboxylic acids is 1. The fourth-order valence-electron chi connectivity index (χ4n) is 4.17. The molecule has 0 aromatic carbocycles. The molecule has 1 fully saturated rings. The van der Waals surface area contributed by atoms with Crippen molar-refractivity contribution >= 4 is 11.9 Å². The minimum absolute atomic E-state index is 0.0330. The van der Waals surface area contributed by atoms with E-state index in [2.05, 4.69) is 0 Å². The van der Waals surface area contributed by atoms with E-state index in [0.29, 0.717) is 19.3 Å². The lowest BCUT2D eigenvalue weighted by molar-refractivity contribution is -0.312. The summed E-state index contributed by atoms with van der Waals surface area (Å²) in [5, 5.41) is 68.8. The van der Waals surface area contributed by atoms with Crippen LogP contribution in [0.25, 0.3) is 0 Å². The van der Waals surface area contributed by atoms with Gasteiger partial charge in [-0.05, 0) is 25.7 Å². The van der Waals surface area contributed by atoms with Crippen LogP contribution in [-0.4, -0.2) is 109 Å². The molecule has 0 bridgehead atoms. The smallest absolute Gasteiger partial charge is 0.308 e. The number of aliphatic carboxylic acids is 1. The number of hydrogen-bond acceptors (Lipinski definition) is 11. The number of rotatable bonds is 18. The Balaban J connectivity index is 2.87. The van der Waals surface area contributed by atoms with Crippen LogP contribution in [-0.2, 0) is 23.8 Å². The zero-order valence-corrected chi connectivity index (χ0v) is 21.1. The van der Waals surface area contributed by atoms with Crippen LogP contribution >= 0.6 is 0 Å². The molecule has 1 aliphatic rings. The zero-order valence-electron chi connectivity index (χ0n) is 21.1. The monoisotopic (exact) mass is 524 g/mol. The molecular weight excluding hydrogens is 480 g/mol. The molecule has 7 N–H and O–H groups in total. The molecule has 0 saturated carbocycles. The molecule has 1 saturated heterocycles. The lowest BCUT2D eigenvalue weighted by atomic mass is 9.98. The van der Waals surface area contributed by atoms with Crippen molar-refractivity contribution < 1.29 is 59.5 Å². The first kappa shape index (κ1) is 32.6. The summed E-state index contributed by atoms with van der Waals surface area (Å²) in [7, 11) is 0. The van der Waals surface area contributed by atoms with Crippen molar-refractivity contribution in [3.63, 3.8) is 0 Å². The summed E-state index contributed by atoms with van der Waals surface area (Å²) < 4.78 is 16.5. The van der Waals surface area contributed by atoms with Gasteiger partial charge in [0.1, 0.15) is 30.5 Å². The molecule has 12 nitrogen and oxygen atoms in total. The summed E-state index contributed by atoms with van der Waals surface area (Å²) in [5.74, 6) is -1.92. The van der Waals surface area contributed by atoms with Gasteiger partial charge in [-0.2, -0.15) is 0 Å². The highest BCUT2D eigenvalue weighted by atomic mass is 16.7. The van der Waals surface area contributed by atoms with E-state index in [1.165, 1.54) is 0 Å². The van der Waals surface area contributed by atoms with E-state index < -0.39 is 80.1 Å². The maximum Gasteiger partial charge on any atom is 0.308 e. The minimum atomic E-state index is -1.70. The number of esters is 1. The second kappa shape index (κ2) is 17.2. The summed E-state index contributed by atoms with van der Waals surface area (Å²) in [5.41, 5.74) is 0. The van der Waals surface area contributed by atoms with Gasteiger partial charge in [-0.25, -0.2) is 0 Å². The predicted octanol–water partition coefficient (Wildman–Crippen LogP) is -0.169. The molecular formula is C24H44O12. The first-order valence-electron chi connectivity index (χ1n) is 12.8. The third-order valence-corrected chi connectivity index (χ3v) is 6.10. The summed E-state index contributed by atoms with van der Waals surface area (Å²) in [6.45, 7) is 3.22. The van der Waals surface area contributed by atoms with Crippen molar-refractivity contribution in [3.05, 3.63) is 0 Å². The van der Waals surface area contributed by atoms with Crippen molar-refractivity contribution in [2.75, 3.05) is 6.61 Å². The molecule has 0 spiro atoms. The number of hydrogen-bond donors (Lipinski definition) is 7. The molecule has 1 aliphatic heterocycles. The molecule has 0 radical (unpaired) electrons. The standard InChI is InChI=1S/C24H44O12/c1-3-5-6-8-16(34-20(30)10-15(27)9-14(26)7-4-2)11-17(12-19(28)29)35-24-23(33)22(32)21(31)18(13-25)36-24/h14-18,21-27,31-33H,3-13H2,1-2H3,(H,28,29)/t14?,15?,16?,17?,18-,21-,22+,23+,24-/m1/s1. The topological polar surface area (TPSA) is 203 Å². The van der Waals surface area contributed by atoms with E-state index in [0.717, 1.165) is 19.3 Å². The van der Waals surface area contributed by atoms with Crippen LogP contribution in [0.2, 0.25) is 0 Å². The quantitative estimate of drug-likeness (QED) is 0.0922. The molecule has 9 atom stereocenters. The van der Waals surface area contributed by atoms with Crippen LogP contribution in [0.5, 0.6) is 0 Å². The average Bonchev–Trinajstić information content (AvgIpc) is 2.78. The van der Waals surface area contributed by atoms with Crippen molar-refractivity contribution in [3.8, 4) is 0 Å². The maximum absolute atomic E-state index is 12.5. The van der Waals surface area contributed by atoms with Crippen molar-refractivity contribution in [1.29, 1.82) is 0 Å². The maximum atomic E-state index is 12.5. The van der Waals surface area contributed by atoms with Crippen LogP contribution in [0.3, 0.4) is 0 Å². The van der Waals surface area contributed by atoms with Gasteiger partial charge in [0, 0.05) is 6.42 Å². The first-order chi connectivity index (χ1) is 17.0. The minimum Gasteiger partial charge on any atom is -0.481 e. The Morgan fingerprint density at radius 3 is 2.14 bits per heavy atom. The molecule has 0 aliphatic carbocycles. The van der Waals surface area contributed by atoms with Gasteiger partial charge in [0.25, 0.3) is 0 Å². The van der Waals surface area contributed by atoms with Gasteiger partial charge in [-0.15, -0.1) is 0 Å². The average molecular weight is 525 g/mol. The molecule has 36 heavy (non-hydrogen) atoms. The first-order valence-corrected chi connectivity index (χ1v) is 12.8. The van der Waals surface area contributed by atoms with Gasteiger partial charge in [-0.3, -0.25) is 9.59 Å². The molecule has 1 heterocycles. The van der Waals surface area contributed by atoms with Gasteiger partial charge in [0.15, 0.2) is 6.29 Å². The Morgan fingerprint density at radius 1 is 0.861 bits per heavy atom. The van der Waals surface area contributed by atoms with Crippen LogP contribution < -0.4 is 0 Å². The highest BCUT2D eigenvalue weighted by Crippen LogP contribution is 2.26. The van der Waals surface area contributed by atoms with Gasteiger partial charge in [0.05, 0.1) is 37.8 Å². The van der Waals surface area contributed by atoms with Crippen LogP contribution in [0.15, 0.2) is 0 Å². The van der Waals surface area contributed by atoms with Crippen molar-refractivity contribution in [2.24, 2.45) is 0 Å². The van der Waals surface area contributed by atoms with Crippen LogP contribution in [0.4, 0.5) is 0 Å². The highest BCUT2D eigenvalue weighted by molar-refractivity contribution is 5.70. The fraction of sp³-hybridized carbons (Fsp3) is 0.917. The number of carboxylic acid groups (broad SMARTS) is 1. The fourth-order valence-corrected chi connectivity index (χ4v) is 4.17. The Bertz CT molecular complexity index is 630. The lowest BCUT2D eigenvalue weighted by Gasteiger charge is -2.41. The summed E-state index contributed by atoms with van der Waals surface area (Å²) in [6, 6.07) is 0. The molecule has 4 unspecified atom stereocenters. The molecule has 212 valence electrons. The van der Waals surface area contributed by atoms with Crippen LogP contribution in [0.1, 0.15) is 78.1 Å². The third-order valence-electron chi connectivity index (χ3n) is 6.10. The predicted molar refractivity (Wildman–Crippen MR) is 126 cm³/mol. The number of aliphatic hydroxyl groups excluding tert-OH is 6. The number of ether oxygens (including phenoxy) is 3. The second-order valence-electron chi connectivity index (χ2n) is 9.43. The van der Waals surface area contributed by atoms with Gasteiger partial charge in [-0.1, -0.05) is 33.1 Å². The third kappa shape index (κ3) is 11.8. The molecule has 0 amide bonds.